The summed E-state index contributed by atoms with van der Waals surface area (Å²) in [6.07, 6.45) is 4.12. The van der Waals surface area contributed by atoms with Crippen LogP contribution in [0.5, 0.6) is 0 Å². The highest BCUT2D eigenvalue weighted by Gasteiger charge is 2.05. The Morgan fingerprint density at radius 3 is 2.89 bits per heavy atom. The van der Waals surface area contributed by atoms with Crippen molar-refractivity contribution >= 4 is 23.7 Å². The van der Waals surface area contributed by atoms with E-state index < -0.39 is 11.7 Å². The molecule has 0 aliphatic rings. The van der Waals surface area contributed by atoms with Crippen LogP contribution in [0.4, 0.5) is 4.39 Å². The molecule has 2 rings (SSSR count). The van der Waals surface area contributed by atoms with E-state index in [0.29, 0.717) is 5.56 Å². The molecule has 0 saturated heterocycles. The van der Waals surface area contributed by atoms with Crippen LogP contribution in [-0.2, 0) is 0 Å². The van der Waals surface area contributed by atoms with E-state index in [0.717, 1.165) is 6.21 Å². The average molecular weight is 278 g/mol. The molecule has 0 unspecified atom stereocenters. The van der Waals surface area contributed by atoms with Gasteiger partial charge in [-0.1, -0.05) is 17.7 Å². The fraction of sp³-hybridized carbons (Fsp3) is 0. The van der Waals surface area contributed by atoms with Gasteiger partial charge in [0.05, 0.1) is 16.8 Å². The zero-order valence-corrected chi connectivity index (χ0v) is 10.4. The lowest BCUT2D eigenvalue weighted by molar-refractivity contribution is 0.0955. The first-order chi connectivity index (χ1) is 9.18. The van der Waals surface area contributed by atoms with Crippen LogP contribution < -0.4 is 5.43 Å². The van der Waals surface area contributed by atoms with Crippen molar-refractivity contribution in [1.82, 2.24) is 10.4 Å². The third-order valence-electron chi connectivity index (χ3n) is 2.28. The van der Waals surface area contributed by atoms with Crippen LogP contribution in [0, 0.1) is 5.82 Å². The standard InChI is InChI=1S/C13H9ClFN3O/c14-11-4-1-5-12(15)10(11)8-17-18-13(19)9-3-2-6-16-7-9/h1-8H,(H,18,19)/b17-8-. The van der Waals surface area contributed by atoms with Crippen LogP contribution in [0.3, 0.4) is 0 Å². The molecule has 1 N–H and O–H groups in total. The normalized spacial score (nSPS) is 10.6. The van der Waals surface area contributed by atoms with E-state index in [9.17, 15) is 9.18 Å². The maximum atomic E-state index is 13.4. The van der Waals surface area contributed by atoms with Gasteiger partial charge in [-0.3, -0.25) is 9.78 Å². The zero-order valence-electron chi connectivity index (χ0n) is 9.68. The monoisotopic (exact) mass is 277 g/mol. The maximum absolute atomic E-state index is 13.4. The number of carbonyl (C=O) groups excluding carboxylic acids is 1. The number of hydrogen-bond donors (Lipinski definition) is 1. The molecule has 0 bridgehead atoms. The second-order valence-corrected chi connectivity index (χ2v) is 3.98. The van der Waals surface area contributed by atoms with Crippen LogP contribution in [0.15, 0.2) is 47.8 Å². The van der Waals surface area contributed by atoms with Crippen molar-refractivity contribution in [2.45, 2.75) is 0 Å². The summed E-state index contributed by atoms with van der Waals surface area (Å²) < 4.78 is 13.4. The third kappa shape index (κ3) is 3.35. The first-order valence-electron chi connectivity index (χ1n) is 5.36. The number of rotatable bonds is 3. The number of hydrazone groups is 1. The number of hydrogen-bond acceptors (Lipinski definition) is 3. The second kappa shape index (κ2) is 6.06. The number of carbonyl (C=O) groups is 1. The summed E-state index contributed by atoms with van der Waals surface area (Å²) in [6, 6.07) is 7.51. The first kappa shape index (κ1) is 13.2. The first-order valence-corrected chi connectivity index (χ1v) is 5.73. The number of nitrogens with one attached hydrogen (secondary N) is 1. The molecule has 1 aromatic heterocycles. The van der Waals surface area contributed by atoms with Crippen molar-refractivity contribution in [1.29, 1.82) is 0 Å². The van der Waals surface area contributed by atoms with Crippen LogP contribution >= 0.6 is 11.6 Å². The number of benzene rings is 1. The summed E-state index contributed by atoms with van der Waals surface area (Å²) in [4.78, 5) is 15.4. The molecule has 6 heteroatoms. The third-order valence-corrected chi connectivity index (χ3v) is 2.61. The minimum Gasteiger partial charge on any atom is -0.267 e. The molecule has 96 valence electrons. The SMILES string of the molecule is O=C(N/N=C\c1c(F)cccc1Cl)c1cccnc1. The van der Waals surface area contributed by atoms with Gasteiger partial charge in [0, 0.05) is 18.0 Å². The largest absolute Gasteiger partial charge is 0.272 e. The molecule has 0 fully saturated rings. The molecule has 1 amide bonds. The summed E-state index contributed by atoms with van der Waals surface area (Å²) in [7, 11) is 0. The Bertz CT molecular complexity index is 596. The lowest BCUT2D eigenvalue weighted by Crippen LogP contribution is -2.17. The van der Waals surface area contributed by atoms with Gasteiger partial charge in [0.15, 0.2) is 0 Å². The van der Waals surface area contributed by atoms with Crippen molar-refractivity contribution in [3.05, 3.63) is 64.7 Å². The van der Waals surface area contributed by atoms with Crippen molar-refractivity contribution in [2.75, 3.05) is 0 Å². The summed E-state index contributed by atoms with van der Waals surface area (Å²) in [5, 5.41) is 3.88. The fourth-order valence-electron chi connectivity index (χ4n) is 1.35. The van der Waals surface area contributed by atoms with Gasteiger partial charge in [0.1, 0.15) is 5.82 Å². The van der Waals surface area contributed by atoms with Gasteiger partial charge in [0.2, 0.25) is 0 Å². The molecule has 0 aliphatic carbocycles. The van der Waals surface area contributed by atoms with E-state index >= 15 is 0 Å². The molecule has 1 heterocycles. The fourth-order valence-corrected chi connectivity index (χ4v) is 1.56. The van der Waals surface area contributed by atoms with Gasteiger partial charge < -0.3 is 0 Å². The Balaban J connectivity index is 2.07. The molecule has 1 aromatic carbocycles. The Morgan fingerprint density at radius 2 is 2.21 bits per heavy atom. The number of pyridine rings is 1. The number of amides is 1. The van der Waals surface area contributed by atoms with E-state index in [1.54, 1.807) is 18.3 Å². The zero-order chi connectivity index (χ0) is 13.7. The second-order valence-electron chi connectivity index (χ2n) is 3.58. The minimum absolute atomic E-state index is 0.121. The molecule has 0 atom stereocenters. The van der Waals surface area contributed by atoms with Gasteiger partial charge in [-0.15, -0.1) is 0 Å². The van der Waals surface area contributed by atoms with Crippen LogP contribution in [0.25, 0.3) is 0 Å². The van der Waals surface area contributed by atoms with E-state index in [-0.39, 0.29) is 10.6 Å². The quantitative estimate of drug-likeness (QED) is 0.693. The highest BCUT2D eigenvalue weighted by molar-refractivity contribution is 6.33. The van der Waals surface area contributed by atoms with E-state index in [4.69, 9.17) is 11.6 Å². The molecule has 19 heavy (non-hydrogen) atoms. The molecule has 2 aromatic rings. The molecular formula is C13H9ClFN3O. The van der Waals surface area contributed by atoms with Gasteiger partial charge in [-0.2, -0.15) is 5.10 Å². The topological polar surface area (TPSA) is 54.4 Å². The highest BCUT2D eigenvalue weighted by atomic mass is 35.5. The summed E-state index contributed by atoms with van der Waals surface area (Å²) in [5.41, 5.74) is 2.75. The smallest absolute Gasteiger partial charge is 0.267 e. The Hall–Kier alpha value is -2.27. The van der Waals surface area contributed by atoms with Crippen molar-refractivity contribution in [3.63, 3.8) is 0 Å². The molecular weight excluding hydrogens is 269 g/mol. The Labute approximate surface area is 113 Å². The number of nitrogens with zero attached hydrogens (tertiary/aromatic N) is 2. The number of halogens is 2. The lowest BCUT2D eigenvalue weighted by Gasteiger charge is -2.00. The molecule has 0 radical (unpaired) electrons. The Kier molecular flexibility index (Phi) is 4.20. The average Bonchev–Trinajstić information content (AvgIpc) is 2.43. The van der Waals surface area contributed by atoms with E-state index in [2.05, 4.69) is 15.5 Å². The lowest BCUT2D eigenvalue weighted by atomic mass is 10.2. The predicted octanol–water partition coefficient (Wildman–Crippen LogP) is 2.64. The van der Waals surface area contributed by atoms with E-state index in [1.165, 1.54) is 24.4 Å². The maximum Gasteiger partial charge on any atom is 0.272 e. The van der Waals surface area contributed by atoms with Crippen LogP contribution in [0.1, 0.15) is 15.9 Å². The van der Waals surface area contributed by atoms with Gasteiger partial charge in [0.25, 0.3) is 5.91 Å². The van der Waals surface area contributed by atoms with Gasteiger partial charge >= 0.3 is 0 Å². The Morgan fingerprint density at radius 1 is 1.37 bits per heavy atom. The number of aromatic nitrogens is 1. The molecule has 0 spiro atoms. The summed E-state index contributed by atoms with van der Waals surface area (Å²) >= 11 is 5.81. The molecule has 0 saturated carbocycles. The molecule has 0 aliphatic heterocycles. The summed E-state index contributed by atoms with van der Waals surface area (Å²) in [6.45, 7) is 0. The highest BCUT2D eigenvalue weighted by Crippen LogP contribution is 2.16. The van der Waals surface area contributed by atoms with Crippen molar-refractivity contribution in [2.24, 2.45) is 5.10 Å². The van der Waals surface area contributed by atoms with Crippen LogP contribution in [0.2, 0.25) is 5.02 Å². The van der Waals surface area contributed by atoms with Crippen LogP contribution in [-0.4, -0.2) is 17.1 Å². The minimum atomic E-state index is -0.508. The molecule has 4 nitrogen and oxygen atoms in total. The predicted molar refractivity (Wildman–Crippen MR) is 70.7 cm³/mol. The van der Waals surface area contributed by atoms with Gasteiger partial charge in [-0.05, 0) is 24.3 Å². The summed E-state index contributed by atoms with van der Waals surface area (Å²) in [5.74, 6) is -0.941. The van der Waals surface area contributed by atoms with Gasteiger partial charge in [-0.25, -0.2) is 9.82 Å². The van der Waals surface area contributed by atoms with E-state index in [1.807, 2.05) is 0 Å². The van der Waals surface area contributed by atoms with Crippen molar-refractivity contribution < 1.29 is 9.18 Å². The van der Waals surface area contributed by atoms with Crippen molar-refractivity contribution in [3.8, 4) is 0 Å².